The van der Waals surface area contributed by atoms with E-state index in [-0.39, 0.29) is 4.90 Å². The fraction of sp³-hybridized carbons (Fsp3) is 0.357. The van der Waals surface area contributed by atoms with E-state index in [1.54, 1.807) is 30.8 Å². The summed E-state index contributed by atoms with van der Waals surface area (Å²) in [6.07, 6.45) is 5.08. The molecule has 1 rings (SSSR count). The first-order chi connectivity index (χ1) is 9.86. The largest absolute Gasteiger partial charge is 0.478 e. The minimum atomic E-state index is -3.57. The molecule has 5 nitrogen and oxygen atoms in total. The first-order valence-electron chi connectivity index (χ1n) is 6.37. The van der Waals surface area contributed by atoms with Gasteiger partial charge in [0.2, 0.25) is 10.0 Å². The van der Waals surface area contributed by atoms with E-state index in [1.807, 2.05) is 6.26 Å². The van der Waals surface area contributed by atoms with Crippen LogP contribution in [-0.4, -0.2) is 38.0 Å². The number of sulfonamides is 1. The minimum Gasteiger partial charge on any atom is -0.478 e. The summed E-state index contributed by atoms with van der Waals surface area (Å²) in [6, 6.07) is 4.82. The van der Waals surface area contributed by atoms with Crippen molar-refractivity contribution in [2.75, 3.05) is 18.6 Å². The zero-order chi connectivity index (χ0) is 15.9. The Morgan fingerprint density at radius 1 is 1.43 bits per heavy atom. The van der Waals surface area contributed by atoms with Gasteiger partial charge >= 0.3 is 5.97 Å². The molecule has 21 heavy (non-hydrogen) atoms. The summed E-state index contributed by atoms with van der Waals surface area (Å²) in [5.74, 6) is -0.182. The third-order valence-electron chi connectivity index (χ3n) is 2.74. The zero-order valence-corrected chi connectivity index (χ0v) is 13.6. The topological polar surface area (TPSA) is 83.5 Å². The standard InChI is InChI=1S/C14H19NO4S2/c1-11-4-5-12(6-7-14(16)17)10-13(11)21(18,19)15-8-3-9-20-2/h4-7,10,15H,3,8-9H2,1-2H3,(H,16,17). The van der Waals surface area contributed by atoms with E-state index in [1.165, 1.54) is 12.1 Å². The Bertz CT molecular complexity index is 624. The van der Waals surface area contributed by atoms with Gasteiger partial charge in [0, 0.05) is 12.6 Å². The highest BCUT2D eigenvalue weighted by Gasteiger charge is 2.16. The van der Waals surface area contributed by atoms with Crippen LogP contribution in [0.25, 0.3) is 6.08 Å². The molecule has 1 aromatic rings. The van der Waals surface area contributed by atoms with Crippen molar-refractivity contribution in [1.29, 1.82) is 0 Å². The predicted octanol–water partition coefficient (Wildman–Crippen LogP) is 2.12. The number of thioether (sulfide) groups is 1. The zero-order valence-electron chi connectivity index (χ0n) is 12.0. The van der Waals surface area contributed by atoms with Gasteiger partial charge in [0.25, 0.3) is 0 Å². The Morgan fingerprint density at radius 2 is 2.14 bits per heavy atom. The molecule has 0 fully saturated rings. The van der Waals surface area contributed by atoms with Crippen molar-refractivity contribution >= 4 is 33.8 Å². The Balaban J connectivity index is 2.94. The SMILES string of the molecule is CSCCCNS(=O)(=O)c1cc(C=CC(=O)O)ccc1C. The fourth-order valence-corrected chi connectivity index (χ4v) is 3.46. The lowest BCUT2D eigenvalue weighted by Gasteiger charge is -2.10. The molecule has 0 spiro atoms. The van der Waals surface area contributed by atoms with Crippen LogP contribution in [0, 0.1) is 6.92 Å². The van der Waals surface area contributed by atoms with Crippen LogP contribution in [0.2, 0.25) is 0 Å². The highest BCUT2D eigenvalue weighted by atomic mass is 32.2. The van der Waals surface area contributed by atoms with E-state index >= 15 is 0 Å². The normalized spacial score (nSPS) is 11.9. The Labute approximate surface area is 129 Å². The summed E-state index contributed by atoms with van der Waals surface area (Å²) in [6.45, 7) is 2.10. The summed E-state index contributed by atoms with van der Waals surface area (Å²) >= 11 is 1.66. The lowest BCUT2D eigenvalue weighted by atomic mass is 10.1. The Kier molecular flexibility index (Phi) is 6.94. The number of rotatable bonds is 8. The van der Waals surface area contributed by atoms with Gasteiger partial charge in [-0.2, -0.15) is 11.8 Å². The third-order valence-corrected chi connectivity index (χ3v) is 5.04. The number of carboxylic acid groups (broad SMARTS) is 1. The van der Waals surface area contributed by atoms with Crippen molar-refractivity contribution in [3.05, 3.63) is 35.4 Å². The van der Waals surface area contributed by atoms with Crippen molar-refractivity contribution in [3.63, 3.8) is 0 Å². The Hall–Kier alpha value is -1.31. The molecule has 7 heteroatoms. The van der Waals surface area contributed by atoms with Gasteiger partial charge in [-0.25, -0.2) is 17.9 Å². The van der Waals surface area contributed by atoms with Crippen LogP contribution >= 0.6 is 11.8 Å². The van der Waals surface area contributed by atoms with Crippen LogP contribution in [0.3, 0.4) is 0 Å². The molecule has 0 saturated heterocycles. The molecule has 0 radical (unpaired) electrons. The van der Waals surface area contributed by atoms with Crippen molar-refractivity contribution in [2.24, 2.45) is 0 Å². The molecule has 0 bridgehead atoms. The molecule has 1 aromatic carbocycles. The van der Waals surface area contributed by atoms with E-state index in [4.69, 9.17) is 5.11 Å². The van der Waals surface area contributed by atoms with Gasteiger partial charge in [0.05, 0.1) is 4.90 Å². The number of carboxylic acids is 1. The van der Waals surface area contributed by atoms with Crippen LogP contribution in [0.4, 0.5) is 0 Å². The molecule has 0 aliphatic heterocycles. The maximum absolute atomic E-state index is 12.2. The molecular formula is C14H19NO4S2. The lowest BCUT2D eigenvalue weighted by Crippen LogP contribution is -2.25. The molecule has 0 aliphatic rings. The number of hydrogen-bond acceptors (Lipinski definition) is 4. The predicted molar refractivity (Wildman–Crippen MR) is 86.0 cm³/mol. The van der Waals surface area contributed by atoms with Gasteiger partial charge in [-0.15, -0.1) is 0 Å². The number of carbonyl (C=O) groups is 1. The number of aliphatic carboxylic acids is 1. The third kappa shape index (κ3) is 5.91. The molecule has 0 saturated carbocycles. The van der Waals surface area contributed by atoms with Crippen LogP contribution in [0.15, 0.2) is 29.2 Å². The average Bonchev–Trinajstić information content (AvgIpc) is 2.42. The van der Waals surface area contributed by atoms with Gasteiger partial charge in [0.1, 0.15) is 0 Å². The summed E-state index contributed by atoms with van der Waals surface area (Å²) in [4.78, 5) is 10.7. The van der Waals surface area contributed by atoms with E-state index in [0.29, 0.717) is 17.7 Å². The van der Waals surface area contributed by atoms with E-state index in [2.05, 4.69) is 4.72 Å². The van der Waals surface area contributed by atoms with Crippen LogP contribution in [0.5, 0.6) is 0 Å². The molecular weight excluding hydrogens is 310 g/mol. The highest BCUT2D eigenvalue weighted by Crippen LogP contribution is 2.18. The molecule has 116 valence electrons. The smallest absolute Gasteiger partial charge is 0.328 e. The highest BCUT2D eigenvalue weighted by molar-refractivity contribution is 7.98. The Morgan fingerprint density at radius 3 is 2.76 bits per heavy atom. The van der Waals surface area contributed by atoms with Crippen molar-refractivity contribution in [2.45, 2.75) is 18.2 Å². The van der Waals surface area contributed by atoms with E-state index in [9.17, 15) is 13.2 Å². The number of aryl methyl sites for hydroxylation is 1. The van der Waals surface area contributed by atoms with Crippen molar-refractivity contribution in [1.82, 2.24) is 4.72 Å². The number of nitrogens with one attached hydrogen (secondary N) is 1. The van der Waals surface area contributed by atoms with E-state index in [0.717, 1.165) is 18.2 Å². The van der Waals surface area contributed by atoms with Crippen molar-refractivity contribution in [3.8, 4) is 0 Å². The van der Waals surface area contributed by atoms with E-state index < -0.39 is 16.0 Å². The number of benzene rings is 1. The molecule has 2 N–H and O–H groups in total. The van der Waals surface area contributed by atoms with Crippen molar-refractivity contribution < 1.29 is 18.3 Å². The second-order valence-electron chi connectivity index (χ2n) is 4.44. The monoisotopic (exact) mass is 329 g/mol. The molecule has 0 aromatic heterocycles. The molecule has 0 heterocycles. The van der Waals surface area contributed by atoms with Crippen LogP contribution in [-0.2, 0) is 14.8 Å². The summed E-state index contributed by atoms with van der Waals surface area (Å²) in [7, 11) is -3.57. The number of hydrogen-bond donors (Lipinski definition) is 2. The molecule has 0 amide bonds. The first-order valence-corrected chi connectivity index (χ1v) is 9.25. The second kappa shape index (κ2) is 8.21. The van der Waals surface area contributed by atoms with Gasteiger partial charge in [0.15, 0.2) is 0 Å². The van der Waals surface area contributed by atoms with Gasteiger partial charge in [-0.05, 0) is 48.6 Å². The van der Waals surface area contributed by atoms with Gasteiger partial charge in [-0.1, -0.05) is 12.1 Å². The summed E-state index contributed by atoms with van der Waals surface area (Å²) < 4.78 is 27.1. The average molecular weight is 329 g/mol. The molecule has 0 atom stereocenters. The molecule has 0 unspecified atom stereocenters. The lowest BCUT2D eigenvalue weighted by molar-refractivity contribution is -0.131. The van der Waals surface area contributed by atoms with Gasteiger partial charge in [-0.3, -0.25) is 0 Å². The fourth-order valence-electron chi connectivity index (χ4n) is 1.68. The van der Waals surface area contributed by atoms with Crippen LogP contribution < -0.4 is 4.72 Å². The summed E-state index contributed by atoms with van der Waals surface area (Å²) in [5.41, 5.74) is 1.16. The maximum Gasteiger partial charge on any atom is 0.328 e. The summed E-state index contributed by atoms with van der Waals surface area (Å²) in [5, 5.41) is 8.61. The quantitative estimate of drug-likeness (QED) is 0.564. The molecule has 0 aliphatic carbocycles. The minimum absolute atomic E-state index is 0.180. The second-order valence-corrected chi connectivity index (χ2v) is 7.16. The van der Waals surface area contributed by atoms with Gasteiger partial charge < -0.3 is 5.11 Å². The maximum atomic E-state index is 12.2. The van der Waals surface area contributed by atoms with Crippen LogP contribution in [0.1, 0.15) is 17.5 Å². The first kappa shape index (κ1) is 17.7.